The van der Waals surface area contributed by atoms with Crippen molar-refractivity contribution in [3.63, 3.8) is 0 Å². The van der Waals surface area contributed by atoms with Crippen LogP contribution in [-0.2, 0) is 4.79 Å². The van der Waals surface area contributed by atoms with Gasteiger partial charge in [-0.05, 0) is 38.5 Å². The lowest BCUT2D eigenvalue weighted by atomic mass is 9.97. The molecule has 0 saturated carbocycles. The van der Waals surface area contributed by atoms with Crippen LogP contribution in [0, 0.1) is 5.92 Å². The van der Waals surface area contributed by atoms with Crippen LogP contribution in [0.5, 0.6) is 0 Å². The van der Waals surface area contributed by atoms with E-state index < -0.39 is 0 Å². The van der Waals surface area contributed by atoms with Crippen molar-refractivity contribution in [1.29, 1.82) is 0 Å². The van der Waals surface area contributed by atoms with Crippen molar-refractivity contribution in [1.82, 2.24) is 0 Å². The van der Waals surface area contributed by atoms with Gasteiger partial charge in [0.05, 0.1) is 0 Å². The predicted octanol–water partition coefficient (Wildman–Crippen LogP) is 3.27. The van der Waals surface area contributed by atoms with E-state index in [1.807, 2.05) is 0 Å². The molecule has 0 spiro atoms. The van der Waals surface area contributed by atoms with Gasteiger partial charge >= 0.3 is 0 Å². The normalized spacial score (nSPS) is 21.5. The SMILES string of the molecule is CC(=O)CCC[C@H]1C=CC=CCC1. The lowest BCUT2D eigenvalue weighted by Gasteiger charge is -2.08. The van der Waals surface area contributed by atoms with Crippen LogP contribution in [0.1, 0.15) is 39.0 Å². The third kappa shape index (κ3) is 4.66. The molecule has 1 rings (SSSR count). The summed E-state index contributed by atoms with van der Waals surface area (Å²) in [6, 6.07) is 0. The minimum atomic E-state index is 0.315. The first-order valence-corrected chi connectivity index (χ1v) is 5.12. The summed E-state index contributed by atoms with van der Waals surface area (Å²) < 4.78 is 0. The number of carbonyl (C=O) groups excluding carboxylic acids is 1. The molecule has 0 fully saturated rings. The van der Waals surface area contributed by atoms with E-state index >= 15 is 0 Å². The Balaban J connectivity index is 2.17. The van der Waals surface area contributed by atoms with Crippen LogP contribution >= 0.6 is 0 Å². The highest BCUT2D eigenvalue weighted by Gasteiger charge is 2.05. The number of rotatable bonds is 4. The Labute approximate surface area is 80.5 Å². The summed E-state index contributed by atoms with van der Waals surface area (Å²) in [6.07, 6.45) is 14.1. The second-order valence-electron chi connectivity index (χ2n) is 3.74. The maximum absolute atomic E-state index is 10.7. The molecule has 0 heterocycles. The van der Waals surface area contributed by atoms with Gasteiger partial charge in [-0.25, -0.2) is 0 Å². The van der Waals surface area contributed by atoms with Crippen LogP contribution in [0.25, 0.3) is 0 Å². The molecule has 72 valence electrons. The average molecular weight is 178 g/mol. The molecule has 1 aliphatic rings. The van der Waals surface area contributed by atoms with Crippen LogP contribution in [0.4, 0.5) is 0 Å². The zero-order valence-corrected chi connectivity index (χ0v) is 8.33. The maximum atomic E-state index is 10.7. The minimum absolute atomic E-state index is 0.315. The molecule has 0 N–H and O–H groups in total. The van der Waals surface area contributed by atoms with Crippen LogP contribution < -0.4 is 0 Å². The molecule has 1 heteroatoms. The van der Waals surface area contributed by atoms with Crippen molar-refractivity contribution in [3.8, 4) is 0 Å². The molecule has 0 amide bonds. The van der Waals surface area contributed by atoms with Gasteiger partial charge in [-0.15, -0.1) is 0 Å². The maximum Gasteiger partial charge on any atom is 0.129 e. The van der Waals surface area contributed by atoms with Crippen molar-refractivity contribution in [2.45, 2.75) is 39.0 Å². The van der Waals surface area contributed by atoms with Crippen LogP contribution in [0.3, 0.4) is 0 Å². The summed E-state index contributed by atoms with van der Waals surface area (Å²) in [5, 5.41) is 0. The van der Waals surface area contributed by atoms with Gasteiger partial charge in [-0.1, -0.05) is 24.3 Å². The second-order valence-corrected chi connectivity index (χ2v) is 3.74. The van der Waals surface area contributed by atoms with Gasteiger partial charge in [0, 0.05) is 6.42 Å². The highest BCUT2D eigenvalue weighted by molar-refractivity contribution is 5.75. The van der Waals surface area contributed by atoms with E-state index in [1.165, 1.54) is 12.8 Å². The molecule has 0 bridgehead atoms. The van der Waals surface area contributed by atoms with Gasteiger partial charge < -0.3 is 4.79 Å². The zero-order valence-electron chi connectivity index (χ0n) is 8.33. The third-order valence-electron chi connectivity index (χ3n) is 2.44. The molecular weight excluding hydrogens is 160 g/mol. The van der Waals surface area contributed by atoms with Gasteiger partial charge in [0.2, 0.25) is 0 Å². The lowest BCUT2D eigenvalue weighted by Crippen LogP contribution is -1.97. The molecule has 0 aromatic carbocycles. The van der Waals surface area contributed by atoms with Gasteiger partial charge in [0.15, 0.2) is 0 Å². The molecule has 0 saturated heterocycles. The number of hydrogen-bond acceptors (Lipinski definition) is 1. The summed E-state index contributed by atoms with van der Waals surface area (Å²) in [4.78, 5) is 10.7. The number of allylic oxidation sites excluding steroid dienone is 4. The smallest absolute Gasteiger partial charge is 0.129 e. The monoisotopic (exact) mass is 178 g/mol. The van der Waals surface area contributed by atoms with E-state index in [0.29, 0.717) is 11.7 Å². The van der Waals surface area contributed by atoms with E-state index in [9.17, 15) is 4.79 Å². The zero-order chi connectivity index (χ0) is 9.52. The van der Waals surface area contributed by atoms with Gasteiger partial charge in [0.25, 0.3) is 0 Å². The lowest BCUT2D eigenvalue weighted by molar-refractivity contribution is -0.117. The Morgan fingerprint density at radius 1 is 1.46 bits per heavy atom. The molecule has 1 nitrogen and oxygen atoms in total. The topological polar surface area (TPSA) is 17.1 Å². The van der Waals surface area contributed by atoms with Crippen molar-refractivity contribution >= 4 is 5.78 Å². The van der Waals surface area contributed by atoms with Crippen molar-refractivity contribution in [2.24, 2.45) is 5.92 Å². The Morgan fingerprint density at radius 3 is 3.08 bits per heavy atom. The molecule has 0 unspecified atom stereocenters. The minimum Gasteiger partial charge on any atom is -0.300 e. The summed E-state index contributed by atoms with van der Waals surface area (Å²) in [6.45, 7) is 1.67. The fourth-order valence-electron chi connectivity index (χ4n) is 1.66. The van der Waals surface area contributed by atoms with E-state index in [4.69, 9.17) is 0 Å². The molecule has 0 aromatic heterocycles. The number of hydrogen-bond donors (Lipinski definition) is 0. The third-order valence-corrected chi connectivity index (χ3v) is 2.44. The number of Topliss-reactive ketones (excluding diaryl/α,β-unsaturated/α-hetero) is 1. The second kappa shape index (κ2) is 5.74. The largest absolute Gasteiger partial charge is 0.300 e. The fourth-order valence-corrected chi connectivity index (χ4v) is 1.66. The molecule has 0 aromatic rings. The molecule has 1 aliphatic carbocycles. The van der Waals surface area contributed by atoms with Crippen molar-refractivity contribution < 1.29 is 4.79 Å². The number of ketones is 1. The Hall–Kier alpha value is -0.850. The first kappa shape index (κ1) is 10.2. The Kier molecular flexibility index (Phi) is 4.52. The van der Waals surface area contributed by atoms with E-state index in [1.54, 1.807) is 6.92 Å². The Bertz CT molecular complexity index is 213. The van der Waals surface area contributed by atoms with Gasteiger partial charge in [-0.2, -0.15) is 0 Å². The molecule has 13 heavy (non-hydrogen) atoms. The van der Waals surface area contributed by atoms with Crippen LogP contribution in [-0.4, -0.2) is 5.78 Å². The van der Waals surface area contributed by atoms with Crippen LogP contribution in [0.2, 0.25) is 0 Å². The quantitative estimate of drug-likeness (QED) is 0.645. The summed E-state index contributed by atoms with van der Waals surface area (Å²) in [7, 11) is 0. The number of carbonyl (C=O) groups is 1. The average Bonchev–Trinajstić information content (AvgIpc) is 2.32. The fraction of sp³-hybridized carbons (Fsp3) is 0.583. The summed E-state index contributed by atoms with van der Waals surface area (Å²) in [5.41, 5.74) is 0. The summed E-state index contributed by atoms with van der Waals surface area (Å²) in [5.74, 6) is 1.00. The molecule has 1 atom stereocenters. The Morgan fingerprint density at radius 2 is 2.31 bits per heavy atom. The first-order chi connectivity index (χ1) is 6.29. The van der Waals surface area contributed by atoms with E-state index in [-0.39, 0.29) is 0 Å². The first-order valence-electron chi connectivity index (χ1n) is 5.12. The van der Waals surface area contributed by atoms with Crippen molar-refractivity contribution in [3.05, 3.63) is 24.3 Å². The van der Waals surface area contributed by atoms with Crippen LogP contribution in [0.15, 0.2) is 24.3 Å². The predicted molar refractivity (Wildman–Crippen MR) is 55.5 cm³/mol. The van der Waals surface area contributed by atoms with Gasteiger partial charge in [-0.3, -0.25) is 0 Å². The highest BCUT2D eigenvalue weighted by Crippen LogP contribution is 2.18. The van der Waals surface area contributed by atoms with E-state index in [2.05, 4.69) is 24.3 Å². The standard InChI is InChI=1S/C12H18O/c1-11(13)7-6-10-12-8-4-2-3-5-9-12/h2-4,8,12H,5-7,9-10H2,1H3/t12-/m0/s1. The highest BCUT2D eigenvalue weighted by atomic mass is 16.1. The molecule has 0 radical (unpaired) electrons. The molecular formula is C12H18O. The van der Waals surface area contributed by atoms with E-state index in [0.717, 1.165) is 19.3 Å². The van der Waals surface area contributed by atoms with Crippen molar-refractivity contribution in [2.75, 3.05) is 0 Å². The van der Waals surface area contributed by atoms with Gasteiger partial charge in [0.1, 0.15) is 5.78 Å². The summed E-state index contributed by atoms with van der Waals surface area (Å²) >= 11 is 0. The molecule has 0 aliphatic heterocycles.